The Balaban J connectivity index is 2.01. The van der Waals surface area contributed by atoms with Gasteiger partial charge in [-0.3, -0.25) is 9.59 Å². The predicted molar refractivity (Wildman–Crippen MR) is 91.7 cm³/mol. The lowest BCUT2D eigenvalue weighted by molar-refractivity contribution is -0.137. The molecule has 0 saturated carbocycles. The smallest absolute Gasteiger partial charge is 0.303 e. The van der Waals surface area contributed by atoms with Crippen LogP contribution in [0.25, 0.3) is 0 Å². The number of nitrogens with one attached hydrogen (secondary N) is 1. The summed E-state index contributed by atoms with van der Waals surface area (Å²) in [5.74, 6) is -1.14. The first-order valence-electron chi connectivity index (χ1n) is 7.64. The van der Waals surface area contributed by atoms with Gasteiger partial charge in [-0.1, -0.05) is 30.3 Å². The number of carboxylic acids is 1. The van der Waals surface area contributed by atoms with Gasteiger partial charge in [0.1, 0.15) is 0 Å². The van der Waals surface area contributed by atoms with E-state index in [0.717, 1.165) is 11.1 Å². The maximum absolute atomic E-state index is 12.4. The average molecular weight is 331 g/mol. The summed E-state index contributed by atoms with van der Waals surface area (Å²) in [6.45, 7) is 1.87. The van der Waals surface area contributed by atoms with E-state index in [0.29, 0.717) is 12.8 Å². The Morgan fingerprint density at radius 2 is 1.96 bits per heavy atom. The standard InChI is InChI=1S/C18H21NO3S/c1-13(15-9-10-23-12-15)18(22)19-16(7-8-17(20)21)11-14-5-3-2-4-6-14/h2-6,9-10,12-13,16H,7-8,11H2,1H3,(H,19,22)(H,20,21). The second-order valence-corrected chi connectivity index (χ2v) is 6.39. The van der Waals surface area contributed by atoms with Gasteiger partial charge in [-0.05, 0) is 47.7 Å². The van der Waals surface area contributed by atoms with Crippen molar-refractivity contribution in [2.75, 3.05) is 0 Å². The third-order valence-electron chi connectivity index (χ3n) is 3.81. The molecule has 0 aliphatic rings. The Morgan fingerprint density at radius 3 is 2.57 bits per heavy atom. The monoisotopic (exact) mass is 331 g/mol. The number of rotatable bonds is 8. The Bertz CT molecular complexity index is 625. The van der Waals surface area contributed by atoms with Gasteiger partial charge in [0, 0.05) is 12.5 Å². The minimum atomic E-state index is -0.844. The van der Waals surface area contributed by atoms with Gasteiger partial charge in [0.2, 0.25) is 5.91 Å². The molecule has 1 heterocycles. The van der Waals surface area contributed by atoms with Crippen LogP contribution in [0, 0.1) is 0 Å². The molecule has 0 radical (unpaired) electrons. The molecule has 0 spiro atoms. The molecule has 0 aliphatic carbocycles. The number of hydrogen-bond acceptors (Lipinski definition) is 3. The van der Waals surface area contributed by atoms with Crippen molar-refractivity contribution < 1.29 is 14.7 Å². The Hall–Kier alpha value is -2.14. The van der Waals surface area contributed by atoms with Crippen LogP contribution in [0.3, 0.4) is 0 Å². The van der Waals surface area contributed by atoms with Crippen molar-refractivity contribution in [2.24, 2.45) is 0 Å². The maximum Gasteiger partial charge on any atom is 0.303 e. The number of hydrogen-bond donors (Lipinski definition) is 2. The number of thiophene rings is 1. The maximum atomic E-state index is 12.4. The molecular formula is C18H21NO3S. The van der Waals surface area contributed by atoms with Crippen molar-refractivity contribution in [3.05, 3.63) is 58.3 Å². The van der Waals surface area contributed by atoms with E-state index in [2.05, 4.69) is 5.32 Å². The zero-order chi connectivity index (χ0) is 16.7. The lowest BCUT2D eigenvalue weighted by atomic mass is 9.99. The quantitative estimate of drug-likeness (QED) is 0.778. The molecule has 2 atom stereocenters. The van der Waals surface area contributed by atoms with Crippen LogP contribution in [-0.2, 0) is 16.0 Å². The molecule has 1 aromatic carbocycles. The van der Waals surface area contributed by atoms with Gasteiger partial charge in [-0.25, -0.2) is 0 Å². The highest BCUT2D eigenvalue weighted by Gasteiger charge is 2.20. The number of carbonyl (C=O) groups excluding carboxylic acids is 1. The van der Waals surface area contributed by atoms with Crippen molar-refractivity contribution in [3.8, 4) is 0 Å². The summed E-state index contributed by atoms with van der Waals surface area (Å²) < 4.78 is 0. The van der Waals surface area contributed by atoms with Gasteiger partial charge in [0.05, 0.1) is 5.92 Å². The summed E-state index contributed by atoms with van der Waals surface area (Å²) in [5, 5.41) is 15.8. The molecule has 1 aromatic heterocycles. The Labute approximate surface area is 140 Å². The summed E-state index contributed by atoms with van der Waals surface area (Å²) in [7, 11) is 0. The topological polar surface area (TPSA) is 66.4 Å². The lowest BCUT2D eigenvalue weighted by Crippen LogP contribution is -2.39. The van der Waals surface area contributed by atoms with Crippen LogP contribution in [0.5, 0.6) is 0 Å². The summed E-state index contributed by atoms with van der Waals surface area (Å²) >= 11 is 1.56. The van der Waals surface area contributed by atoms with E-state index in [1.54, 1.807) is 11.3 Å². The third-order valence-corrected chi connectivity index (χ3v) is 4.52. The summed E-state index contributed by atoms with van der Waals surface area (Å²) in [6, 6.07) is 11.6. The molecular weight excluding hydrogens is 310 g/mol. The van der Waals surface area contributed by atoms with E-state index in [4.69, 9.17) is 5.11 Å². The molecule has 2 unspecified atom stereocenters. The molecule has 5 heteroatoms. The van der Waals surface area contributed by atoms with Crippen LogP contribution in [0.4, 0.5) is 0 Å². The molecule has 0 aliphatic heterocycles. The zero-order valence-electron chi connectivity index (χ0n) is 13.1. The van der Waals surface area contributed by atoms with Gasteiger partial charge in [-0.2, -0.15) is 11.3 Å². The summed E-state index contributed by atoms with van der Waals surface area (Å²) in [4.78, 5) is 23.3. The average Bonchev–Trinajstić information content (AvgIpc) is 3.07. The van der Waals surface area contributed by atoms with Gasteiger partial charge in [0.15, 0.2) is 0 Å². The fraction of sp³-hybridized carbons (Fsp3) is 0.333. The van der Waals surface area contributed by atoms with E-state index in [9.17, 15) is 9.59 Å². The number of carboxylic acid groups (broad SMARTS) is 1. The highest BCUT2D eigenvalue weighted by atomic mass is 32.1. The van der Waals surface area contributed by atoms with E-state index >= 15 is 0 Å². The molecule has 2 aromatic rings. The SMILES string of the molecule is CC(C(=O)NC(CCC(=O)O)Cc1ccccc1)c1ccsc1. The molecule has 122 valence electrons. The third kappa shape index (κ3) is 5.53. The van der Waals surface area contributed by atoms with Crippen molar-refractivity contribution in [2.45, 2.75) is 38.1 Å². The number of benzene rings is 1. The van der Waals surface area contributed by atoms with Crippen LogP contribution < -0.4 is 5.32 Å². The Kier molecular flexibility index (Phi) is 6.35. The first kappa shape index (κ1) is 17.2. The number of amides is 1. The van der Waals surface area contributed by atoms with E-state index in [1.165, 1.54) is 0 Å². The molecule has 0 saturated heterocycles. The minimum absolute atomic E-state index is 0.0462. The molecule has 0 fully saturated rings. The van der Waals surface area contributed by atoms with Crippen LogP contribution in [-0.4, -0.2) is 23.0 Å². The fourth-order valence-electron chi connectivity index (χ4n) is 2.42. The van der Waals surface area contributed by atoms with Gasteiger partial charge >= 0.3 is 5.97 Å². The van der Waals surface area contributed by atoms with Gasteiger partial charge in [0.25, 0.3) is 0 Å². The van der Waals surface area contributed by atoms with E-state index in [1.807, 2.05) is 54.1 Å². The molecule has 23 heavy (non-hydrogen) atoms. The molecule has 4 nitrogen and oxygen atoms in total. The summed E-state index contributed by atoms with van der Waals surface area (Å²) in [5.41, 5.74) is 2.08. The second kappa shape index (κ2) is 8.48. The predicted octanol–water partition coefficient (Wildman–Crippen LogP) is 3.44. The molecule has 1 amide bonds. The minimum Gasteiger partial charge on any atom is -0.481 e. The van der Waals surface area contributed by atoms with Crippen molar-refractivity contribution in [1.29, 1.82) is 0 Å². The lowest BCUT2D eigenvalue weighted by Gasteiger charge is -2.20. The highest BCUT2D eigenvalue weighted by Crippen LogP contribution is 2.19. The van der Waals surface area contributed by atoms with Crippen molar-refractivity contribution in [1.82, 2.24) is 5.32 Å². The Morgan fingerprint density at radius 1 is 1.22 bits per heavy atom. The van der Waals surface area contributed by atoms with Gasteiger partial charge < -0.3 is 10.4 Å². The van der Waals surface area contributed by atoms with E-state index < -0.39 is 5.97 Å². The molecule has 2 rings (SSSR count). The first-order chi connectivity index (χ1) is 11.1. The van der Waals surface area contributed by atoms with Crippen molar-refractivity contribution in [3.63, 3.8) is 0 Å². The fourth-order valence-corrected chi connectivity index (χ4v) is 3.17. The van der Waals surface area contributed by atoms with Crippen LogP contribution >= 0.6 is 11.3 Å². The van der Waals surface area contributed by atoms with Crippen molar-refractivity contribution >= 4 is 23.2 Å². The number of carbonyl (C=O) groups is 2. The van der Waals surface area contributed by atoms with Crippen LogP contribution in [0.15, 0.2) is 47.2 Å². The summed E-state index contributed by atoms with van der Waals surface area (Å²) in [6.07, 6.45) is 1.10. The molecule has 2 N–H and O–H groups in total. The van der Waals surface area contributed by atoms with Crippen LogP contribution in [0.2, 0.25) is 0 Å². The normalized spacial score (nSPS) is 13.3. The highest BCUT2D eigenvalue weighted by molar-refractivity contribution is 7.08. The zero-order valence-corrected chi connectivity index (χ0v) is 13.9. The number of aliphatic carboxylic acids is 1. The second-order valence-electron chi connectivity index (χ2n) is 5.61. The largest absolute Gasteiger partial charge is 0.481 e. The first-order valence-corrected chi connectivity index (χ1v) is 8.58. The van der Waals surface area contributed by atoms with E-state index in [-0.39, 0.29) is 24.3 Å². The molecule has 0 bridgehead atoms. The van der Waals surface area contributed by atoms with Gasteiger partial charge in [-0.15, -0.1) is 0 Å². The van der Waals surface area contributed by atoms with Crippen LogP contribution in [0.1, 0.15) is 36.8 Å².